The Bertz CT molecular complexity index is 404. The smallest absolute Gasteiger partial charge is 0.128 e. The fourth-order valence-corrected chi connectivity index (χ4v) is 3.56. The first-order chi connectivity index (χ1) is 8.50. The van der Waals surface area contributed by atoms with Crippen molar-refractivity contribution in [2.45, 2.75) is 32.1 Å². The summed E-state index contributed by atoms with van der Waals surface area (Å²) in [5, 5.41) is 3.76. The molecule has 0 amide bonds. The van der Waals surface area contributed by atoms with E-state index in [-0.39, 0.29) is 11.2 Å². The van der Waals surface area contributed by atoms with E-state index in [1.54, 1.807) is 12.1 Å². The zero-order chi connectivity index (χ0) is 13.3. The van der Waals surface area contributed by atoms with Crippen molar-refractivity contribution < 1.29 is 4.39 Å². The van der Waals surface area contributed by atoms with Gasteiger partial charge in [-0.25, -0.2) is 4.39 Å². The van der Waals surface area contributed by atoms with E-state index in [0.29, 0.717) is 22.4 Å². The second kappa shape index (κ2) is 5.18. The summed E-state index contributed by atoms with van der Waals surface area (Å²) in [5.74, 6) is 1.16. The lowest BCUT2D eigenvalue weighted by Crippen LogP contribution is -2.50. The third-order valence-electron chi connectivity index (χ3n) is 4.26. The first kappa shape index (κ1) is 13.8. The summed E-state index contributed by atoms with van der Waals surface area (Å²) in [5.41, 5.74) is 0.587. The number of likely N-dealkylation sites (N-methyl/N-ethyl adjacent to an activating group) is 1. The minimum absolute atomic E-state index is 0.119. The fourth-order valence-electron chi connectivity index (χ4n) is 3.20. The summed E-state index contributed by atoms with van der Waals surface area (Å²) in [7, 11) is 1.92. The molecule has 0 saturated heterocycles. The number of benzene rings is 1. The number of nitrogens with one attached hydrogen (secondary N) is 1. The maximum atomic E-state index is 14.1. The van der Waals surface area contributed by atoms with E-state index in [1.807, 2.05) is 7.05 Å². The molecular formula is C15H21ClFN. The van der Waals surface area contributed by atoms with E-state index >= 15 is 0 Å². The Morgan fingerprint density at radius 2 is 2.11 bits per heavy atom. The molecule has 1 N–H and O–H groups in total. The molecule has 1 fully saturated rings. The number of halogens is 2. The highest BCUT2D eigenvalue weighted by Gasteiger charge is 2.48. The van der Waals surface area contributed by atoms with Gasteiger partial charge in [0.2, 0.25) is 0 Å². The fraction of sp³-hybridized carbons (Fsp3) is 0.600. The predicted molar refractivity (Wildman–Crippen MR) is 74.6 cm³/mol. The molecule has 0 bridgehead atoms. The minimum Gasteiger partial charge on any atom is -0.319 e. The molecule has 0 spiro atoms. The number of hydrogen-bond donors (Lipinski definition) is 1. The molecule has 1 nitrogen and oxygen atoms in total. The van der Waals surface area contributed by atoms with E-state index in [1.165, 1.54) is 6.07 Å². The van der Waals surface area contributed by atoms with Crippen LogP contribution in [-0.2, 0) is 5.41 Å². The Kier molecular flexibility index (Phi) is 3.98. The van der Waals surface area contributed by atoms with Gasteiger partial charge < -0.3 is 5.32 Å². The monoisotopic (exact) mass is 269 g/mol. The van der Waals surface area contributed by atoms with Crippen molar-refractivity contribution in [2.24, 2.45) is 11.8 Å². The topological polar surface area (TPSA) is 12.0 Å². The van der Waals surface area contributed by atoms with Crippen LogP contribution in [0.4, 0.5) is 4.39 Å². The van der Waals surface area contributed by atoms with Crippen molar-refractivity contribution in [1.29, 1.82) is 0 Å². The molecule has 1 aliphatic carbocycles. The van der Waals surface area contributed by atoms with Crippen LogP contribution in [0.5, 0.6) is 0 Å². The Morgan fingerprint density at radius 1 is 1.44 bits per heavy atom. The molecule has 0 aromatic heterocycles. The molecule has 1 aromatic carbocycles. The summed E-state index contributed by atoms with van der Waals surface area (Å²) in [6.07, 6.45) is 2.04. The maximum absolute atomic E-state index is 14.1. The Balaban J connectivity index is 2.32. The van der Waals surface area contributed by atoms with Gasteiger partial charge in [0.25, 0.3) is 0 Å². The van der Waals surface area contributed by atoms with Gasteiger partial charge in [-0.2, -0.15) is 0 Å². The van der Waals surface area contributed by atoms with E-state index in [9.17, 15) is 4.39 Å². The Labute approximate surface area is 114 Å². The Hall–Kier alpha value is -0.600. The van der Waals surface area contributed by atoms with Crippen LogP contribution in [0.3, 0.4) is 0 Å². The van der Waals surface area contributed by atoms with Crippen molar-refractivity contribution in [3.05, 3.63) is 34.6 Å². The molecule has 18 heavy (non-hydrogen) atoms. The van der Waals surface area contributed by atoms with Crippen LogP contribution >= 0.6 is 11.6 Å². The maximum Gasteiger partial charge on any atom is 0.128 e. The van der Waals surface area contributed by atoms with Gasteiger partial charge >= 0.3 is 0 Å². The molecule has 0 heterocycles. The van der Waals surface area contributed by atoms with Crippen molar-refractivity contribution >= 4 is 11.6 Å². The first-order valence-corrected chi connectivity index (χ1v) is 6.97. The first-order valence-electron chi connectivity index (χ1n) is 6.59. The van der Waals surface area contributed by atoms with Crippen LogP contribution in [0.2, 0.25) is 5.02 Å². The lowest BCUT2D eigenvalue weighted by Gasteiger charge is -2.50. The molecule has 1 aliphatic rings. The standard InChI is InChI=1S/C15H21ClFN/c1-10(2)11-7-15(8-11,9-18-3)14-12(16)5-4-6-13(14)17/h4-6,10-11,18H,7-9H2,1-3H3. The molecule has 0 atom stereocenters. The third-order valence-corrected chi connectivity index (χ3v) is 4.57. The third kappa shape index (κ3) is 2.28. The highest BCUT2D eigenvalue weighted by molar-refractivity contribution is 6.31. The Morgan fingerprint density at radius 3 is 2.61 bits per heavy atom. The summed E-state index contributed by atoms with van der Waals surface area (Å²) in [4.78, 5) is 0. The summed E-state index contributed by atoms with van der Waals surface area (Å²) < 4.78 is 14.1. The molecule has 0 unspecified atom stereocenters. The second-order valence-corrected chi connectivity index (χ2v) is 6.23. The van der Waals surface area contributed by atoms with Crippen molar-refractivity contribution in [3.63, 3.8) is 0 Å². The van der Waals surface area contributed by atoms with Crippen molar-refractivity contribution in [1.82, 2.24) is 5.32 Å². The zero-order valence-electron chi connectivity index (χ0n) is 11.3. The number of rotatable bonds is 4. The highest BCUT2D eigenvalue weighted by Crippen LogP contribution is 2.52. The molecule has 100 valence electrons. The van der Waals surface area contributed by atoms with Gasteiger partial charge in [-0.05, 0) is 43.9 Å². The molecular weight excluding hydrogens is 249 g/mol. The summed E-state index contributed by atoms with van der Waals surface area (Å²) >= 11 is 6.22. The van der Waals surface area contributed by atoms with E-state index < -0.39 is 0 Å². The van der Waals surface area contributed by atoms with Crippen LogP contribution in [0.1, 0.15) is 32.3 Å². The van der Waals surface area contributed by atoms with Gasteiger partial charge in [0.1, 0.15) is 5.82 Å². The molecule has 0 aliphatic heterocycles. The highest BCUT2D eigenvalue weighted by atomic mass is 35.5. The average Bonchev–Trinajstić information content (AvgIpc) is 2.23. The predicted octanol–water partition coefficient (Wildman–Crippen LogP) is 4.00. The van der Waals surface area contributed by atoms with Gasteiger partial charge in [-0.3, -0.25) is 0 Å². The van der Waals surface area contributed by atoms with E-state index in [4.69, 9.17) is 11.6 Å². The molecule has 0 radical (unpaired) electrons. The lowest BCUT2D eigenvalue weighted by atomic mass is 9.55. The minimum atomic E-state index is -0.167. The zero-order valence-corrected chi connectivity index (χ0v) is 12.0. The largest absolute Gasteiger partial charge is 0.319 e. The normalized spacial score (nSPS) is 27.3. The van der Waals surface area contributed by atoms with Gasteiger partial charge in [-0.1, -0.05) is 31.5 Å². The molecule has 1 saturated carbocycles. The van der Waals surface area contributed by atoms with Crippen molar-refractivity contribution in [2.75, 3.05) is 13.6 Å². The average molecular weight is 270 g/mol. The quantitative estimate of drug-likeness (QED) is 0.871. The summed E-state index contributed by atoms with van der Waals surface area (Å²) in [6, 6.07) is 4.98. The number of hydrogen-bond acceptors (Lipinski definition) is 1. The van der Waals surface area contributed by atoms with Crippen LogP contribution in [0.25, 0.3) is 0 Å². The summed E-state index contributed by atoms with van der Waals surface area (Å²) in [6.45, 7) is 5.25. The van der Waals surface area contributed by atoms with Crippen LogP contribution in [-0.4, -0.2) is 13.6 Å². The van der Waals surface area contributed by atoms with Crippen LogP contribution in [0.15, 0.2) is 18.2 Å². The lowest BCUT2D eigenvalue weighted by molar-refractivity contribution is 0.0964. The molecule has 3 heteroatoms. The SMILES string of the molecule is CNCC1(c2c(F)cccc2Cl)CC(C(C)C)C1. The second-order valence-electron chi connectivity index (χ2n) is 5.82. The van der Waals surface area contributed by atoms with Gasteiger partial charge in [0.15, 0.2) is 0 Å². The van der Waals surface area contributed by atoms with Gasteiger partial charge in [-0.15, -0.1) is 0 Å². The van der Waals surface area contributed by atoms with Crippen LogP contribution < -0.4 is 5.32 Å². The van der Waals surface area contributed by atoms with Crippen molar-refractivity contribution in [3.8, 4) is 0 Å². The van der Waals surface area contributed by atoms with Crippen LogP contribution in [0, 0.1) is 17.7 Å². The van der Waals surface area contributed by atoms with E-state index in [2.05, 4.69) is 19.2 Å². The molecule has 1 aromatic rings. The molecule has 2 rings (SSSR count). The van der Waals surface area contributed by atoms with E-state index in [0.717, 1.165) is 19.4 Å². The van der Waals surface area contributed by atoms with Gasteiger partial charge in [0, 0.05) is 22.5 Å². The van der Waals surface area contributed by atoms with Gasteiger partial charge in [0.05, 0.1) is 0 Å².